The van der Waals surface area contributed by atoms with Crippen LogP contribution in [-0.2, 0) is 6.54 Å². The number of benzene rings is 1. The second kappa shape index (κ2) is 8.83. The molecule has 0 radical (unpaired) electrons. The molecule has 1 unspecified atom stereocenters. The van der Waals surface area contributed by atoms with Crippen LogP contribution in [0.4, 0.5) is 0 Å². The van der Waals surface area contributed by atoms with E-state index >= 15 is 0 Å². The maximum absolute atomic E-state index is 12.5. The van der Waals surface area contributed by atoms with E-state index in [0.29, 0.717) is 5.56 Å². The molecular weight excluding hydrogens is 438 g/mol. The van der Waals surface area contributed by atoms with Crippen molar-refractivity contribution >= 4 is 21.9 Å². The van der Waals surface area contributed by atoms with Gasteiger partial charge in [0, 0.05) is 69.9 Å². The first-order valence-electron chi connectivity index (χ1n) is 11.9. The highest BCUT2D eigenvalue weighted by molar-refractivity contribution is 5.93. The Bertz CT molecular complexity index is 1610. The third-order valence-corrected chi connectivity index (χ3v) is 6.70. The monoisotopic (exact) mass is 469 g/mol. The van der Waals surface area contributed by atoms with Crippen molar-refractivity contribution in [3.8, 4) is 11.1 Å². The van der Waals surface area contributed by atoms with Gasteiger partial charge in [0.2, 0.25) is 0 Å². The largest absolute Gasteiger partial charge is 0.374 e. The van der Waals surface area contributed by atoms with E-state index in [0.717, 1.165) is 55.4 Å². The first kappa shape index (κ1) is 23.1. The molecule has 0 bridgehead atoms. The zero-order chi connectivity index (χ0) is 24.9. The Morgan fingerprint density at radius 1 is 1.09 bits per heavy atom. The van der Waals surface area contributed by atoms with E-state index in [1.165, 1.54) is 0 Å². The molecule has 1 atom stereocenters. The first-order chi connectivity index (χ1) is 16.7. The van der Waals surface area contributed by atoms with Gasteiger partial charge in [-0.1, -0.05) is 0 Å². The molecule has 7 nitrogen and oxygen atoms in total. The lowest BCUT2D eigenvalue weighted by Gasteiger charge is -2.18. The van der Waals surface area contributed by atoms with Crippen LogP contribution in [0.5, 0.6) is 0 Å². The van der Waals surface area contributed by atoms with Crippen molar-refractivity contribution < 1.29 is 5.11 Å². The normalized spacial score (nSPS) is 12.8. The van der Waals surface area contributed by atoms with E-state index in [2.05, 4.69) is 63.9 Å². The van der Waals surface area contributed by atoms with Gasteiger partial charge in [-0.15, -0.1) is 0 Å². The van der Waals surface area contributed by atoms with Crippen molar-refractivity contribution in [2.24, 2.45) is 0 Å². The lowest BCUT2D eigenvalue weighted by atomic mass is 9.98. The molecule has 4 aromatic heterocycles. The van der Waals surface area contributed by atoms with Crippen molar-refractivity contribution in [2.45, 2.75) is 53.4 Å². The highest BCUT2D eigenvalue weighted by Crippen LogP contribution is 2.35. The van der Waals surface area contributed by atoms with Gasteiger partial charge in [0.25, 0.3) is 5.56 Å². The van der Waals surface area contributed by atoms with Gasteiger partial charge in [-0.05, 0) is 81.6 Å². The minimum absolute atomic E-state index is 0.130. The maximum Gasteiger partial charge on any atom is 0.252 e. The summed E-state index contributed by atoms with van der Waals surface area (Å²) >= 11 is 0. The Balaban J connectivity index is 1.61. The number of H-pyrrole nitrogens is 2. The molecule has 0 aliphatic carbocycles. The smallest absolute Gasteiger partial charge is 0.252 e. The predicted octanol–water partition coefficient (Wildman–Crippen LogP) is 5.16. The van der Waals surface area contributed by atoms with Gasteiger partial charge >= 0.3 is 0 Å². The van der Waals surface area contributed by atoms with E-state index < -0.39 is 6.23 Å². The second-order valence-electron chi connectivity index (χ2n) is 9.64. The molecule has 5 rings (SSSR count). The predicted molar refractivity (Wildman–Crippen MR) is 140 cm³/mol. The van der Waals surface area contributed by atoms with Crippen LogP contribution in [0.2, 0.25) is 0 Å². The Kier molecular flexibility index (Phi) is 5.83. The number of nitrogens with zero attached hydrogens (tertiary/aromatic N) is 2. The summed E-state index contributed by atoms with van der Waals surface area (Å²) in [6.07, 6.45) is 4.92. The number of fused-ring (bicyclic) bond motifs is 2. The molecular formula is C28H31N5O2. The van der Waals surface area contributed by atoms with Crippen molar-refractivity contribution in [3.05, 3.63) is 87.2 Å². The molecule has 180 valence electrons. The van der Waals surface area contributed by atoms with Crippen molar-refractivity contribution in [1.29, 1.82) is 0 Å². The molecule has 35 heavy (non-hydrogen) atoms. The molecule has 5 aromatic rings. The second-order valence-corrected chi connectivity index (χ2v) is 9.64. The van der Waals surface area contributed by atoms with Crippen LogP contribution in [0, 0.1) is 20.8 Å². The first-order valence-corrected chi connectivity index (χ1v) is 11.9. The lowest BCUT2D eigenvalue weighted by molar-refractivity contribution is 0.138. The highest BCUT2D eigenvalue weighted by atomic mass is 16.3. The number of aliphatic hydroxyl groups is 1. The minimum atomic E-state index is -0.955. The summed E-state index contributed by atoms with van der Waals surface area (Å²) in [4.78, 5) is 23.0. The van der Waals surface area contributed by atoms with E-state index in [1.807, 2.05) is 44.4 Å². The van der Waals surface area contributed by atoms with Crippen molar-refractivity contribution in [1.82, 2.24) is 24.8 Å². The summed E-state index contributed by atoms with van der Waals surface area (Å²) in [6.45, 7) is 10.4. The number of hydrogen-bond acceptors (Lipinski definition) is 4. The maximum atomic E-state index is 12.5. The standard InChI is InChI=1S/C28H31N5O2/c1-15(2)33-14-17(4)25-22(27(34)31-13-23-16(3)8-18(5)32-28(23)35)10-20(11-24(25)33)21-9-19-6-7-29-26(19)30-12-21/h6-12,14-15,27,31,34H,13H2,1-5H3,(H,29,30)(H,32,35). The van der Waals surface area contributed by atoms with Gasteiger partial charge in [0.1, 0.15) is 11.9 Å². The number of hydrogen-bond donors (Lipinski definition) is 4. The highest BCUT2D eigenvalue weighted by Gasteiger charge is 2.20. The van der Waals surface area contributed by atoms with E-state index in [9.17, 15) is 9.90 Å². The third kappa shape index (κ3) is 4.17. The molecule has 4 N–H and O–H groups in total. The molecule has 0 aliphatic rings. The molecule has 0 spiro atoms. The molecule has 0 amide bonds. The molecule has 0 saturated heterocycles. The number of aliphatic hydroxyl groups excluding tert-OH is 1. The van der Waals surface area contributed by atoms with Gasteiger partial charge in [0.15, 0.2) is 0 Å². The van der Waals surface area contributed by atoms with Crippen LogP contribution >= 0.6 is 0 Å². The minimum Gasteiger partial charge on any atom is -0.374 e. The number of nitrogens with one attached hydrogen (secondary N) is 3. The fraction of sp³-hybridized carbons (Fsp3) is 0.286. The van der Waals surface area contributed by atoms with Crippen LogP contribution < -0.4 is 10.9 Å². The van der Waals surface area contributed by atoms with E-state index in [-0.39, 0.29) is 18.1 Å². The zero-order valence-corrected chi connectivity index (χ0v) is 20.7. The fourth-order valence-corrected chi connectivity index (χ4v) is 4.94. The summed E-state index contributed by atoms with van der Waals surface area (Å²) in [5.41, 5.74) is 7.96. The molecule has 7 heteroatoms. The number of aromatic amines is 2. The van der Waals surface area contributed by atoms with Crippen molar-refractivity contribution in [2.75, 3.05) is 0 Å². The molecule has 4 heterocycles. The molecule has 1 aromatic carbocycles. The molecule has 0 aliphatic heterocycles. The van der Waals surface area contributed by atoms with Crippen LogP contribution in [0.15, 0.2) is 53.7 Å². The number of pyridine rings is 2. The van der Waals surface area contributed by atoms with E-state index in [1.54, 1.807) is 0 Å². The number of aryl methyl sites for hydroxylation is 3. The SMILES string of the molecule is Cc1cc(C)c(CNC(O)c2cc(-c3cnc4[nH]ccc4c3)cc3c2c(C)cn3C(C)C)c(=O)[nH]1. The van der Waals surface area contributed by atoms with Crippen LogP contribution in [-0.4, -0.2) is 24.6 Å². The van der Waals surface area contributed by atoms with Crippen LogP contribution in [0.25, 0.3) is 33.1 Å². The molecule has 0 fully saturated rings. The topological polar surface area (TPSA) is 98.7 Å². The van der Waals surface area contributed by atoms with Gasteiger partial charge in [0.05, 0.1) is 0 Å². The molecule has 0 saturated carbocycles. The number of rotatable bonds is 6. The summed E-state index contributed by atoms with van der Waals surface area (Å²) in [5.74, 6) is 0. The number of aromatic nitrogens is 4. The Hall–Kier alpha value is -3.68. The van der Waals surface area contributed by atoms with Gasteiger partial charge in [-0.2, -0.15) is 0 Å². The van der Waals surface area contributed by atoms with Crippen LogP contribution in [0.1, 0.15) is 54.1 Å². The summed E-state index contributed by atoms with van der Waals surface area (Å²) in [5, 5.41) is 16.6. The van der Waals surface area contributed by atoms with Crippen LogP contribution in [0.3, 0.4) is 0 Å². The van der Waals surface area contributed by atoms with E-state index in [4.69, 9.17) is 0 Å². The Labute approximate surface area is 203 Å². The van der Waals surface area contributed by atoms with Gasteiger partial charge < -0.3 is 19.6 Å². The zero-order valence-electron chi connectivity index (χ0n) is 20.7. The Morgan fingerprint density at radius 3 is 2.63 bits per heavy atom. The Morgan fingerprint density at radius 2 is 1.89 bits per heavy atom. The fourth-order valence-electron chi connectivity index (χ4n) is 4.94. The summed E-state index contributed by atoms with van der Waals surface area (Å²) in [6, 6.07) is 10.5. The third-order valence-electron chi connectivity index (χ3n) is 6.70. The quantitative estimate of drug-likeness (QED) is 0.258. The summed E-state index contributed by atoms with van der Waals surface area (Å²) in [7, 11) is 0. The average Bonchev–Trinajstić information content (AvgIpc) is 3.41. The summed E-state index contributed by atoms with van der Waals surface area (Å²) < 4.78 is 2.24. The average molecular weight is 470 g/mol. The lowest BCUT2D eigenvalue weighted by Crippen LogP contribution is -2.26. The van der Waals surface area contributed by atoms with Crippen molar-refractivity contribution in [3.63, 3.8) is 0 Å². The van der Waals surface area contributed by atoms with Gasteiger partial charge in [-0.3, -0.25) is 10.1 Å². The van der Waals surface area contributed by atoms with Gasteiger partial charge in [-0.25, -0.2) is 4.98 Å².